The number of benzene rings is 1. The van der Waals surface area contributed by atoms with Gasteiger partial charge in [0.05, 0.1) is 15.2 Å². The fourth-order valence-electron chi connectivity index (χ4n) is 3.12. The Morgan fingerprint density at radius 2 is 2.21 bits per heavy atom. The largest absolute Gasteiger partial charge is 0.355 e. The van der Waals surface area contributed by atoms with Gasteiger partial charge in [0.1, 0.15) is 6.04 Å². The van der Waals surface area contributed by atoms with Crippen LogP contribution in [0.4, 0.5) is 0 Å². The van der Waals surface area contributed by atoms with Crippen LogP contribution in [0.2, 0.25) is 0 Å². The van der Waals surface area contributed by atoms with E-state index in [1.54, 1.807) is 11.3 Å². The zero-order valence-electron chi connectivity index (χ0n) is 14.3. The van der Waals surface area contributed by atoms with Gasteiger partial charge in [-0.15, -0.1) is 11.3 Å². The average molecular weight is 346 g/mol. The van der Waals surface area contributed by atoms with Crippen molar-refractivity contribution in [1.29, 1.82) is 0 Å². The van der Waals surface area contributed by atoms with Gasteiger partial charge in [-0.25, -0.2) is 10.4 Å². The summed E-state index contributed by atoms with van der Waals surface area (Å²) in [6.07, 6.45) is 3.78. The van der Waals surface area contributed by atoms with Crippen LogP contribution < -0.4 is 16.2 Å². The number of thiazole rings is 1. The van der Waals surface area contributed by atoms with Gasteiger partial charge in [-0.2, -0.15) is 0 Å². The van der Waals surface area contributed by atoms with E-state index in [9.17, 15) is 4.79 Å². The Morgan fingerprint density at radius 1 is 1.38 bits per heavy atom. The highest BCUT2D eigenvalue weighted by atomic mass is 32.1. The maximum atomic E-state index is 12.2. The molecule has 1 aromatic carbocycles. The van der Waals surface area contributed by atoms with Gasteiger partial charge in [-0.05, 0) is 37.3 Å². The molecule has 2 aromatic rings. The predicted molar refractivity (Wildman–Crippen MR) is 98.9 cm³/mol. The molecular weight excluding hydrogens is 320 g/mol. The molecule has 2 unspecified atom stereocenters. The molecule has 2 atom stereocenters. The van der Waals surface area contributed by atoms with E-state index in [4.69, 9.17) is 0 Å². The third kappa shape index (κ3) is 4.53. The van der Waals surface area contributed by atoms with E-state index < -0.39 is 0 Å². The third-order valence-electron chi connectivity index (χ3n) is 4.26. The van der Waals surface area contributed by atoms with E-state index in [0.29, 0.717) is 18.5 Å². The van der Waals surface area contributed by atoms with Crippen LogP contribution in [-0.4, -0.2) is 29.5 Å². The molecule has 1 aliphatic heterocycles. The number of carbonyl (C=O) groups excluding carboxylic acids is 1. The lowest BCUT2D eigenvalue weighted by Crippen LogP contribution is -2.43. The molecule has 0 spiro atoms. The van der Waals surface area contributed by atoms with Gasteiger partial charge in [0.25, 0.3) is 0 Å². The van der Waals surface area contributed by atoms with Crippen LogP contribution in [-0.2, 0) is 11.2 Å². The third-order valence-corrected chi connectivity index (χ3v) is 5.36. The minimum atomic E-state index is -0.115. The topological polar surface area (TPSA) is 66.0 Å². The van der Waals surface area contributed by atoms with Gasteiger partial charge in [0.15, 0.2) is 0 Å². The molecule has 6 heteroatoms. The zero-order chi connectivity index (χ0) is 16.9. The zero-order valence-corrected chi connectivity index (χ0v) is 15.2. The van der Waals surface area contributed by atoms with E-state index in [-0.39, 0.29) is 11.9 Å². The van der Waals surface area contributed by atoms with Crippen LogP contribution in [0, 0.1) is 5.92 Å². The van der Waals surface area contributed by atoms with E-state index >= 15 is 0 Å². The normalized spacial score (nSPS) is 20.8. The Labute approximate surface area is 147 Å². The number of fused-ring (bicyclic) bond motifs is 1. The highest BCUT2D eigenvalue weighted by Gasteiger charge is 2.29. The Bertz CT molecular complexity index is 651. The number of nitrogens with zero attached hydrogens (tertiary/aromatic N) is 1. The first-order chi connectivity index (χ1) is 11.6. The summed E-state index contributed by atoms with van der Waals surface area (Å²) in [5, 5.41) is 4.18. The number of aromatic nitrogens is 1. The van der Waals surface area contributed by atoms with E-state index in [1.165, 1.54) is 4.70 Å². The smallest absolute Gasteiger partial charge is 0.238 e. The lowest BCUT2D eigenvalue weighted by molar-refractivity contribution is -0.122. The Balaban J connectivity index is 1.38. The summed E-state index contributed by atoms with van der Waals surface area (Å²) >= 11 is 1.74. The standard InChI is InChI=1S/C18H26N4OS/c1-12(2)10-13-11-15(22-21-13)18(23)19-9-5-8-17-20-14-6-3-4-7-16(14)24-17/h3-4,6-7,12-13,15,21-22H,5,8-11H2,1-2H3,(H,19,23). The second-order valence-corrected chi connectivity index (χ2v) is 7.99. The van der Waals surface area contributed by atoms with Crippen molar-refractivity contribution in [1.82, 2.24) is 21.2 Å². The van der Waals surface area contributed by atoms with Crippen LogP contribution >= 0.6 is 11.3 Å². The average Bonchev–Trinajstić information content (AvgIpc) is 3.17. The maximum absolute atomic E-state index is 12.2. The molecule has 0 saturated carbocycles. The van der Waals surface area contributed by atoms with Crippen LogP contribution in [0.25, 0.3) is 10.2 Å². The highest BCUT2D eigenvalue weighted by Crippen LogP contribution is 2.22. The second-order valence-electron chi connectivity index (χ2n) is 6.87. The summed E-state index contributed by atoms with van der Waals surface area (Å²) in [4.78, 5) is 16.8. The van der Waals surface area contributed by atoms with Crippen LogP contribution in [0.15, 0.2) is 24.3 Å². The number of hydrazine groups is 1. The van der Waals surface area contributed by atoms with Gasteiger partial charge in [0, 0.05) is 19.0 Å². The van der Waals surface area contributed by atoms with Crippen LogP contribution in [0.1, 0.15) is 38.1 Å². The van der Waals surface area contributed by atoms with Gasteiger partial charge < -0.3 is 5.32 Å². The van der Waals surface area contributed by atoms with E-state index in [2.05, 4.69) is 41.1 Å². The second kappa shape index (κ2) is 8.05. The molecule has 1 saturated heterocycles. The Hall–Kier alpha value is -1.50. The monoisotopic (exact) mass is 346 g/mol. The summed E-state index contributed by atoms with van der Waals surface area (Å²) in [6, 6.07) is 8.48. The van der Waals surface area contributed by atoms with E-state index in [1.807, 2.05) is 18.2 Å². The summed E-state index contributed by atoms with van der Waals surface area (Å²) in [7, 11) is 0. The molecule has 3 rings (SSSR count). The molecule has 1 amide bonds. The van der Waals surface area contributed by atoms with E-state index in [0.717, 1.165) is 36.2 Å². The molecule has 1 fully saturated rings. The van der Waals surface area contributed by atoms with Gasteiger partial charge >= 0.3 is 0 Å². The predicted octanol–water partition coefficient (Wildman–Crippen LogP) is 2.63. The van der Waals surface area contributed by atoms with Crippen LogP contribution in [0.5, 0.6) is 0 Å². The Kier molecular flexibility index (Phi) is 5.81. The van der Waals surface area contributed by atoms with Crippen molar-refractivity contribution in [3.05, 3.63) is 29.3 Å². The molecule has 1 aromatic heterocycles. The molecule has 5 nitrogen and oxygen atoms in total. The van der Waals surface area contributed by atoms with Gasteiger partial charge in [-0.1, -0.05) is 26.0 Å². The van der Waals surface area contributed by atoms with Crippen LogP contribution in [0.3, 0.4) is 0 Å². The first-order valence-corrected chi connectivity index (χ1v) is 9.56. The summed E-state index contributed by atoms with van der Waals surface area (Å²) < 4.78 is 1.23. The molecule has 2 heterocycles. The molecule has 1 aliphatic rings. The quantitative estimate of drug-likeness (QED) is 0.674. The fourth-order valence-corrected chi connectivity index (χ4v) is 4.13. The van der Waals surface area contributed by atoms with Crippen molar-refractivity contribution in [2.75, 3.05) is 6.54 Å². The lowest BCUT2D eigenvalue weighted by atomic mass is 10.00. The number of para-hydroxylation sites is 1. The van der Waals surface area contributed by atoms with Crippen molar-refractivity contribution in [3.8, 4) is 0 Å². The van der Waals surface area contributed by atoms with Crippen molar-refractivity contribution in [2.24, 2.45) is 5.92 Å². The number of amides is 1. The molecular formula is C18H26N4OS. The highest BCUT2D eigenvalue weighted by molar-refractivity contribution is 7.18. The molecule has 0 bridgehead atoms. The Morgan fingerprint density at radius 3 is 3.00 bits per heavy atom. The van der Waals surface area contributed by atoms with Crippen molar-refractivity contribution in [2.45, 2.75) is 51.6 Å². The molecule has 0 aliphatic carbocycles. The minimum Gasteiger partial charge on any atom is -0.355 e. The number of aryl methyl sites for hydroxylation is 1. The summed E-state index contributed by atoms with van der Waals surface area (Å²) in [6.45, 7) is 5.11. The number of carbonyl (C=O) groups is 1. The SMILES string of the molecule is CC(C)CC1CC(C(=O)NCCCc2nc3ccccc3s2)NN1. The van der Waals surface area contributed by atoms with Crippen molar-refractivity contribution in [3.63, 3.8) is 0 Å². The molecule has 0 radical (unpaired) electrons. The number of hydrogen-bond donors (Lipinski definition) is 3. The lowest BCUT2D eigenvalue weighted by Gasteiger charge is -2.11. The van der Waals surface area contributed by atoms with Crippen molar-refractivity contribution >= 4 is 27.5 Å². The fraction of sp³-hybridized carbons (Fsp3) is 0.556. The van der Waals surface area contributed by atoms with Gasteiger partial charge in [-0.3, -0.25) is 10.2 Å². The summed E-state index contributed by atoms with van der Waals surface area (Å²) in [5.74, 6) is 0.734. The summed E-state index contributed by atoms with van der Waals surface area (Å²) in [5.41, 5.74) is 7.42. The van der Waals surface area contributed by atoms with Crippen molar-refractivity contribution < 1.29 is 4.79 Å². The maximum Gasteiger partial charge on any atom is 0.238 e. The number of rotatable bonds is 7. The first-order valence-electron chi connectivity index (χ1n) is 8.75. The molecule has 130 valence electrons. The number of nitrogens with one attached hydrogen (secondary N) is 3. The minimum absolute atomic E-state index is 0.0954. The number of hydrogen-bond acceptors (Lipinski definition) is 5. The molecule has 3 N–H and O–H groups in total. The first kappa shape index (κ1) is 17.3. The van der Waals surface area contributed by atoms with Gasteiger partial charge in [0.2, 0.25) is 5.91 Å². The molecule has 24 heavy (non-hydrogen) atoms.